The van der Waals surface area contributed by atoms with Crippen molar-refractivity contribution in [3.63, 3.8) is 0 Å². The number of carbonyl (C=O) groups is 1. The second-order valence-corrected chi connectivity index (χ2v) is 8.05. The topological polar surface area (TPSA) is 49.8 Å². The van der Waals surface area contributed by atoms with Gasteiger partial charge in [-0.3, -0.25) is 4.90 Å². The third-order valence-electron chi connectivity index (χ3n) is 5.90. The van der Waals surface area contributed by atoms with E-state index in [4.69, 9.17) is 4.74 Å². The van der Waals surface area contributed by atoms with Crippen molar-refractivity contribution in [1.29, 1.82) is 0 Å². The molecule has 4 nitrogen and oxygen atoms in total. The molecule has 1 unspecified atom stereocenters. The molecule has 1 atom stereocenters. The van der Waals surface area contributed by atoms with Gasteiger partial charge in [-0.15, -0.1) is 0 Å². The lowest BCUT2D eigenvalue weighted by Gasteiger charge is -2.31. The highest BCUT2D eigenvalue weighted by Crippen LogP contribution is 2.31. The van der Waals surface area contributed by atoms with Gasteiger partial charge in [-0.1, -0.05) is 86.3 Å². The number of ether oxygens (including phenoxy) is 1. The molecule has 0 bridgehead atoms. The van der Waals surface area contributed by atoms with Gasteiger partial charge in [0.2, 0.25) is 5.60 Å². The van der Waals surface area contributed by atoms with Crippen LogP contribution in [-0.2, 0) is 15.1 Å². The molecule has 0 amide bonds. The van der Waals surface area contributed by atoms with Gasteiger partial charge in [0, 0.05) is 6.04 Å². The van der Waals surface area contributed by atoms with Gasteiger partial charge in [0.05, 0.1) is 0 Å². The van der Waals surface area contributed by atoms with Crippen LogP contribution in [0.4, 0.5) is 0 Å². The lowest BCUT2D eigenvalue weighted by Crippen LogP contribution is -2.43. The number of carbonyl (C=O) groups excluding carboxylic acids is 1. The lowest BCUT2D eigenvalue weighted by molar-refractivity contribution is -0.163. The van der Waals surface area contributed by atoms with Crippen molar-refractivity contribution in [2.45, 2.75) is 57.1 Å². The Morgan fingerprint density at radius 2 is 1.34 bits per heavy atom. The van der Waals surface area contributed by atoms with Crippen molar-refractivity contribution in [3.05, 3.63) is 71.8 Å². The van der Waals surface area contributed by atoms with Crippen LogP contribution >= 0.6 is 0 Å². The Balaban J connectivity index is 1.72. The summed E-state index contributed by atoms with van der Waals surface area (Å²) in [5.41, 5.74) is -0.770. The molecule has 1 fully saturated rings. The van der Waals surface area contributed by atoms with Crippen LogP contribution in [0.5, 0.6) is 0 Å². The quantitative estimate of drug-likeness (QED) is 0.731. The Bertz CT molecular complexity index is 698. The van der Waals surface area contributed by atoms with E-state index < -0.39 is 11.6 Å². The minimum absolute atomic E-state index is 0.132. The second kappa shape index (κ2) is 10.6. The maximum atomic E-state index is 13.1. The average Bonchev–Trinajstić information content (AvgIpc) is 2.92. The van der Waals surface area contributed by atoms with E-state index in [-0.39, 0.29) is 12.6 Å². The molecule has 0 radical (unpaired) electrons. The molecule has 1 saturated heterocycles. The Hall–Kier alpha value is -2.17. The molecule has 0 spiro atoms. The Morgan fingerprint density at radius 3 is 1.83 bits per heavy atom. The van der Waals surface area contributed by atoms with Crippen LogP contribution in [0.2, 0.25) is 0 Å². The van der Waals surface area contributed by atoms with Crippen LogP contribution in [0, 0.1) is 0 Å². The first-order valence-corrected chi connectivity index (χ1v) is 10.9. The van der Waals surface area contributed by atoms with Crippen molar-refractivity contribution in [3.8, 4) is 0 Å². The molecule has 0 aliphatic carbocycles. The summed E-state index contributed by atoms with van der Waals surface area (Å²) in [4.78, 5) is 15.6. The summed E-state index contributed by atoms with van der Waals surface area (Å²) in [6.45, 7) is 4.47. The molecule has 4 heteroatoms. The SMILES string of the molecule is CC(COC(=O)C(O)(c1ccccc1)c1ccccc1)N1CCCCCCCC1. The number of aliphatic hydroxyl groups is 1. The van der Waals surface area contributed by atoms with E-state index in [1.807, 2.05) is 36.4 Å². The lowest BCUT2D eigenvalue weighted by atomic mass is 9.86. The smallest absolute Gasteiger partial charge is 0.347 e. The van der Waals surface area contributed by atoms with Gasteiger partial charge in [0.15, 0.2) is 0 Å². The van der Waals surface area contributed by atoms with Gasteiger partial charge < -0.3 is 9.84 Å². The third kappa shape index (κ3) is 5.46. The highest BCUT2D eigenvalue weighted by molar-refractivity contribution is 5.85. The van der Waals surface area contributed by atoms with Gasteiger partial charge >= 0.3 is 5.97 Å². The first-order chi connectivity index (χ1) is 14.1. The molecule has 29 heavy (non-hydrogen) atoms. The number of esters is 1. The predicted molar refractivity (Wildman–Crippen MR) is 116 cm³/mol. The first kappa shape index (κ1) is 21.5. The van der Waals surface area contributed by atoms with E-state index in [0.717, 1.165) is 13.1 Å². The maximum Gasteiger partial charge on any atom is 0.347 e. The van der Waals surface area contributed by atoms with E-state index in [9.17, 15) is 9.90 Å². The molecule has 0 aromatic heterocycles. The number of hydrogen-bond donors (Lipinski definition) is 1. The summed E-state index contributed by atoms with van der Waals surface area (Å²) in [6, 6.07) is 18.2. The number of rotatable bonds is 6. The van der Waals surface area contributed by atoms with Crippen molar-refractivity contribution in [2.24, 2.45) is 0 Å². The van der Waals surface area contributed by atoms with Crippen molar-refractivity contribution < 1.29 is 14.6 Å². The van der Waals surface area contributed by atoms with Crippen LogP contribution in [0.1, 0.15) is 56.6 Å². The molecule has 1 aliphatic rings. The van der Waals surface area contributed by atoms with Crippen LogP contribution in [0.25, 0.3) is 0 Å². The van der Waals surface area contributed by atoms with E-state index in [2.05, 4.69) is 11.8 Å². The van der Waals surface area contributed by atoms with Crippen LogP contribution in [0.15, 0.2) is 60.7 Å². The summed E-state index contributed by atoms with van der Waals surface area (Å²) in [7, 11) is 0. The monoisotopic (exact) mass is 395 g/mol. The zero-order chi connectivity index (χ0) is 20.5. The predicted octanol–water partition coefficient (Wildman–Crippen LogP) is 4.51. The molecule has 2 aromatic carbocycles. The molecule has 156 valence electrons. The molecular formula is C25H33NO3. The fourth-order valence-corrected chi connectivity index (χ4v) is 4.06. The zero-order valence-corrected chi connectivity index (χ0v) is 17.4. The van der Waals surface area contributed by atoms with Crippen molar-refractivity contribution in [2.75, 3.05) is 19.7 Å². The van der Waals surface area contributed by atoms with Crippen molar-refractivity contribution in [1.82, 2.24) is 4.90 Å². The molecule has 2 aromatic rings. The Morgan fingerprint density at radius 1 is 0.897 bits per heavy atom. The summed E-state index contributed by atoms with van der Waals surface area (Å²) in [5.74, 6) is -0.619. The standard InChI is InChI=1S/C25H33NO3/c1-21(26-18-12-4-2-3-5-13-19-26)20-29-24(27)25(28,22-14-8-6-9-15-22)23-16-10-7-11-17-23/h6-11,14-17,21,28H,2-5,12-13,18-20H2,1H3. The summed E-state index contributed by atoms with van der Waals surface area (Å²) in [5, 5.41) is 11.5. The van der Waals surface area contributed by atoms with Crippen molar-refractivity contribution >= 4 is 5.97 Å². The second-order valence-electron chi connectivity index (χ2n) is 8.05. The Kier molecular flexibility index (Phi) is 7.84. The molecule has 3 rings (SSSR count). The minimum Gasteiger partial charge on any atom is -0.461 e. The maximum absolute atomic E-state index is 13.1. The number of nitrogens with zero attached hydrogens (tertiary/aromatic N) is 1. The number of benzene rings is 2. The summed E-state index contributed by atoms with van der Waals surface area (Å²) in [6.07, 6.45) is 7.55. The highest BCUT2D eigenvalue weighted by Gasteiger charge is 2.41. The first-order valence-electron chi connectivity index (χ1n) is 10.9. The minimum atomic E-state index is -1.81. The molecular weight excluding hydrogens is 362 g/mol. The highest BCUT2D eigenvalue weighted by atomic mass is 16.6. The van der Waals surface area contributed by atoms with Gasteiger partial charge in [0.1, 0.15) is 6.61 Å². The van der Waals surface area contributed by atoms with E-state index in [1.165, 1.54) is 38.5 Å². The molecule has 0 saturated carbocycles. The van der Waals surface area contributed by atoms with E-state index in [1.54, 1.807) is 24.3 Å². The normalized spacial score (nSPS) is 17.6. The van der Waals surface area contributed by atoms with Gasteiger partial charge in [0.25, 0.3) is 0 Å². The summed E-state index contributed by atoms with van der Waals surface area (Å²) >= 11 is 0. The fourth-order valence-electron chi connectivity index (χ4n) is 4.06. The van der Waals surface area contributed by atoms with Crippen LogP contribution in [-0.4, -0.2) is 41.7 Å². The summed E-state index contributed by atoms with van der Waals surface area (Å²) < 4.78 is 5.70. The van der Waals surface area contributed by atoms with Crippen LogP contribution in [0.3, 0.4) is 0 Å². The fraction of sp³-hybridized carbons (Fsp3) is 0.480. The molecule has 1 heterocycles. The Labute approximate surface area is 174 Å². The molecule has 1 N–H and O–H groups in total. The number of hydrogen-bond acceptors (Lipinski definition) is 4. The van der Waals surface area contributed by atoms with Gasteiger partial charge in [-0.25, -0.2) is 4.79 Å². The van der Waals surface area contributed by atoms with E-state index in [0.29, 0.717) is 11.1 Å². The zero-order valence-electron chi connectivity index (χ0n) is 17.4. The van der Waals surface area contributed by atoms with Gasteiger partial charge in [-0.2, -0.15) is 0 Å². The van der Waals surface area contributed by atoms with E-state index >= 15 is 0 Å². The largest absolute Gasteiger partial charge is 0.461 e. The third-order valence-corrected chi connectivity index (χ3v) is 5.90. The van der Waals surface area contributed by atoms with Crippen LogP contribution < -0.4 is 0 Å². The van der Waals surface area contributed by atoms with Gasteiger partial charge in [-0.05, 0) is 44.0 Å². The molecule has 1 aliphatic heterocycles. The average molecular weight is 396 g/mol.